The van der Waals surface area contributed by atoms with Crippen LogP contribution in [0.5, 0.6) is 0 Å². The Morgan fingerprint density at radius 2 is 0.931 bits per heavy atom. The van der Waals surface area contributed by atoms with Gasteiger partial charge in [-0.15, -0.1) is 0 Å². The highest BCUT2D eigenvalue weighted by Crippen LogP contribution is 2.18. The zero-order valence-electron chi connectivity index (χ0n) is 17.8. The minimum absolute atomic E-state index is 0.0657. The summed E-state index contributed by atoms with van der Waals surface area (Å²) in [7, 11) is -7.72. The molecule has 0 spiro atoms. The Morgan fingerprint density at radius 3 is 1.31 bits per heavy atom. The van der Waals surface area contributed by atoms with E-state index in [9.17, 15) is 16.8 Å². The van der Waals surface area contributed by atoms with Gasteiger partial charge < -0.3 is 0 Å². The quantitative estimate of drug-likeness (QED) is 0.228. The number of rotatable bonds is 17. The number of unbranched alkanes of at least 4 members (excludes halogenated alkanes) is 13. The summed E-state index contributed by atoms with van der Waals surface area (Å²) in [5.74, 6) is 0.0657. The van der Waals surface area contributed by atoms with Crippen molar-refractivity contribution >= 4 is 20.0 Å². The van der Waals surface area contributed by atoms with E-state index < -0.39 is 20.0 Å². The van der Waals surface area contributed by atoms with Crippen LogP contribution in [0.3, 0.4) is 0 Å². The minimum Gasteiger partial charge on any atom is -0.282 e. The zero-order chi connectivity index (χ0) is 21.6. The average Bonchev–Trinajstić information content (AvgIpc) is 2.67. The van der Waals surface area contributed by atoms with Crippen LogP contribution in [-0.2, 0) is 20.0 Å². The van der Waals surface area contributed by atoms with Gasteiger partial charge in [-0.25, -0.2) is 8.42 Å². The molecule has 1 aromatic carbocycles. The number of sulfone groups is 1. The first-order chi connectivity index (χ1) is 13.8. The predicted molar refractivity (Wildman–Crippen MR) is 119 cm³/mol. The van der Waals surface area contributed by atoms with Crippen molar-refractivity contribution in [3.8, 4) is 0 Å². The molecule has 0 saturated carbocycles. The van der Waals surface area contributed by atoms with Crippen molar-refractivity contribution < 1.29 is 21.4 Å². The molecule has 29 heavy (non-hydrogen) atoms. The van der Waals surface area contributed by atoms with Gasteiger partial charge in [0.2, 0.25) is 0 Å². The smallest absolute Gasteiger partial charge is 0.282 e. The van der Waals surface area contributed by atoms with Crippen molar-refractivity contribution in [2.24, 2.45) is 0 Å². The van der Waals surface area contributed by atoms with Crippen molar-refractivity contribution in [1.29, 1.82) is 0 Å². The molecule has 0 bridgehead atoms. The normalized spacial score (nSPS) is 12.3. The first-order valence-corrected chi connectivity index (χ1v) is 14.2. The van der Waals surface area contributed by atoms with Crippen LogP contribution in [0.4, 0.5) is 0 Å². The van der Waals surface area contributed by atoms with E-state index >= 15 is 0 Å². The third-order valence-electron chi connectivity index (χ3n) is 5.25. The number of hydrogen-bond acceptors (Lipinski definition) is 4. The molecular formula is C22H38O5S2. The fourth-order valence-corrected chi connectivity index (χ4v) is 5.27. The molecule has 0 aromatic heterocycles. The maximum absolute atomic E-state index is 12.3. The standard InChI is InChI=1S/C22H38O5S2/c1-2-3-4-5-6-7-8-9-10-11-12-13-14-15-20-28(23,24)21-16-18-22(19-17-21)29(25,26)27/h16-19H,2-15,20H2,1H3,(H,25,26,27). The second-order valence-electron chi connectivity index (χ2n) is 7.86. The highest BCUT2D eigenvalue weighted by Gasteiger charge is 2.16. The van der Waals surface area contributed by atoms with Gasteiger partial charge >= 0.3 is 0 Å². The largest absolute Gasteiger partial charge is 0.294 e. The molecule has 0 aliphatic heterocycles. The molecule has 0 aliphatic carbocycles. The lowest BCUT2D eigenvalue weighted by molar-refractivity contribution is 0.483. The van der Waals surface area contributed by atoms with Crippen LogP contribution in [0.1, 0.15) is 96.8 Å². The third-order valence-corrected chi connectivity index (χ3v) is 7.93. The summed E-state index contributed by atoms with van der Waals surface area (Å²) in [6.45, 7) is 2.24. The molecule has 0 saturated heterocycles. The van der Waals surface area contributed by atoms with Gasteiger partial charge in [0.25, 0.3) is 10.1 Å². The van der Waals surface area contributed by atoms with Crippen LogP contribution in [-0.4, -0.2) is 27.1 Å². The van der Waals surface area contributed by atoms with Gasteiger partial charge in [-0.1, -0.05) is 90.4 Å². The molecule has 0 amide bonds. The Bertz CT molecular complexity index is 753. The van der Waals surface area contributed by atoms with Crippen LogP contribution < -0.4 is 0 Å². The highest BCUT2D eigenvalue weighted by atomic mass is 32.2. The van der Waals surface area contributed by atoms with E-state index in [-0.39, 0.29) is 15.5 Å². The van der Waals surface area contributed by atoms with Crippen LogP contribution in [0.25, 0.3) is 0 Å². The minimum atomic E-state index is -4.30. The van der Waals surface area contributed by atoms with Crippen molar-refractivity contribution in [3.63, 3.8) is 0 Å². The van der Waals surface area contributed by atoms with Gasteiger partial charge in [0.1, 0.15) is 0 Å². The summed E-state index contributed by atoms with van der Waals surface area (Å²) in [5.41, 5.74) is 0. The van der Waals surface area contributed by atoms with Gasteiger partial charge in [0.15, 0.2) is 9.84 Å². The van der Waals surface area contributed by atoms with Gasteiger partial charge in [-0.3, -0.25) is 4.55 Å². The van der Waals surface area contributed by atoms with E-state index in [1.54, 1.807) is 0 Å². The maximum atomic E-state index is 12.3. The molecule has 168 valence electrons. The lowest BCUT2D eigenvalue weighted by Gasteiger charge is -2.06. The van der Waals surface area contributed by atoms with E-state index in [0.29, 0.717) is 6.42 Å². The lowest BCUT2D eigenvalue weighted by Crippen LogP contribution is -2.07. The molecule has 7 heteroatoms. The van der Waals surface area contributed by atoms with Crippen molar-refractivity contribution in [2.75, 3.05) is 5.75 Å². The first kappa shape index (κ1) is 26.1. The van der Waals surface area contributed by atoms with Crippen LogP contribution >= 0.6 is 0 Å². The van der Waals surface area contributed by atoms with E-state index in [1.165, 1.54) is 76.3 Å². The van der Waals surface area contributed by atoms with E-state index in [1.807, 2.05) is 0 Å². The topological polar surface area (TPSA) is 88.5 Å². The Labute approximate surface area is 178 Å². The Morgan fingerprint density at radius 1 is 0.586 bits per heavy atom. The SMILES string of the molecule is CCCCCCCCCCCCCCCCS(=O)(=O)c1ccc(S(=O)(=O)O)cc1. The van der Waals surface area contributed by atoms with Gasteiger partial charge in [0.05, 0.1) is 15.5 Å². The number of hydrogen-bond donors (Lipinski definition) is 1. The van der Waals surface area contributed by atoms with Gasteiger partial charge in [0, 0.05) is 0 Å². The lowest BCUT2D eigenvalue weighted by atomic mass is 10.0. The molecule has 0 atom stereocenters. The monoisotopic (exact) mass is 446 g/mol. The molecule has 1 N–H and O–H groups in total. The molecule has 0 heterocycles. The Hall–Kier alpha value is -0.920. The first-order valence-electron chi connectivity index (χ1n) is 11.1. The maximum Gasteiger partial charge on any atom is 0.294 e. The van der Waals surface area contributed by atoms with Crippen LogP contribution in [0.15, 0.2) is 34.1 Å². The third kappa shape index (κ3) is 11.7. The van der Waals surface area contributed by atoms with E-state index in [4.69, 9.17) is 4.55 Å². The second-order valence-corrected chi connectivity index (χ2v) is 11.4. The van der Waals surface area contributed by atoms with Gasteiger partial charge in [-0.2, -0.15) is 8.42 Å². The van der Waals surface area contributed by atoms with Crippen molar-refractivity contribution in [1.82, 2.24) is 0 Å². The molecule has 1 rings (SSSR count). The average molecular weight is 447 g/mol. The van der Waals surface area contributed by atoms with Gasteiger partial charge in [-0.05, 0) is 30.7 Å². The molecule has 5 nitrogen and oxygen atoms in total. The molecular weight excluding hydrogens is 408 g/mol. The summed E-state index contributed by atoms with van der Waals surface area (Å²) >= 11 is 0. The summed E-state index contributed by atoms with van der Waals surface area (Å²) < 4.78 is 55.6. The Balaban J connectivity index is 2.08. The summed E-state index contributed by atoms with van der Waals surface area (Å²) in [4.78, 5) is -0.201. The highest BCUT2D eigenvalue weighted by molar-refractivity contribution is 7.91. The molecule has 0 radical (unpaired) electrons. The van der Waals surface area contributed by atoms with Crippen LogP contribution in [0, 0.1) is 0 Å². The summed E-state index contributed by atoms with van der Waals surface area (Å²) in [6.07, 6.45) is 17.0. The Kier molecular flexibility index (Phi) is 12.7. The van der Waals surface area contributed by atoms with E-state index in [2.05, 4.69) is 6.92 Å². The van der Waals surface area contributed by atoms with E-state index in [0.717, 1.165) is 31.4 Å². The predicted octanol–water partition coefficient (Wildman–Crippen LogP) is 6.19. The summed E-state index contributed by atoms with van der Waals surface area (Å²) in [5, 5.41) is 0. The number of benzene rings is 1. The fraction of sp³-hybridized carbons (Fsp3) is 0.727. The second kappa shape index (κ2) is 14.1. The summed E-state index contributed by atoms with van der Waals surface area (Å²) in [6, 6.07) is 4.71. The van der Waals surface area contributed by atoms with Crippen molar-refractivity contribution in [2.45, 2.75) is 107 Å². The zero-order valence-corrected chi connectivity index (χ0v) is 19.4. The molecule has 0 fully saturated rings. The van der Waals surface area contributed by atoms with Crippen LogP contribution in [0.2, 0.25) is 0 Å². The molecule has 0 aliphatic rings. The molecule has 0 unspecified atom stereocenters. The van der Waals surface area contributed by atoms with Crippen molar-refractivity contribution in [3.05, 3.63) is 24.3 Å². The molecule has 1 aromatic rings. The fourth-order valence-electron chi connectivity index (χ4n) is 3.42.